The van der Waals surface area contributed by atoms with Crippen molar-refractivity contribution in [3.8, 4) is 0 Å². The van der Waals surface area contributed by atoms with E-state index < -0.39 is 4.92 Å². The number of nitro groups is 1. The van der Waals surface area contributed by atoms with Crippen molar-refractivity contribution in [1.82, 2.24) is 4.37 Å². The van der Waals surface area contributed by atoms with Crippen molar-refractivity contribution in [2.45, 2.75) is 6.04 Å². The average Bonchev–Trinajstić information content (AvgIpc) is 2.70. The summed E-state index contributed by atoms with van der Waals surface area (Å²) in [5, 5.41) is 11.4. The molecule has 0 aliphatic carbocycles. The second-order valence-electron chi connectivity index (χ2n) is 3.35. The van der Waals surface area contributed by atoms with Gasteiger partial charge in [0.25, 0.3) is 5.69 Å². The molecule has 0 radical (unpaired) electrons. The van der Waals surface area contributed by atoms with Crippen LogP contribution in [0.3, 0.4) is 0 Å². The number of non-ortho nitro benzene ring substituents is 1. The number of benzene rings is 1. The molecular weight excluding hydrogens is 228 g/mol. The third kappa shape index (κ3) is 1.75. The minimum atomic E-state index is -0.436. The molecule has 0 bridgehead atoms. The first-order valence-corrected chi connectivity index (χ1v) is 5.40. The van der Waals surface area contributed by atoms with E-state index in [2.05, 4.69) is 4.37 Å². The zero-order valence-corrected chi connectivity index (χ0v) is 9.11. The Morgan fingerprint density at radius 3 is 2.94 bits per heavy atom. The highest BCUT2D eigenvalue weighted by Gasteiger charge is 2.15. The molecule has 16 heavy (non-hydrogen) atoms. The second kappa shape index (κ2) is 4.12. The molecule has 2 rings (SSSR count). The van der Waals surface area contributed by atoms with Crippen molar-refractivity contribution in [2.24, 2.45) is 11.5 Å². The SMILES string of the molecule is NCC(N)c1nsc2ccc([N+](=O)[O-])cc12. The number of nitrogens with two attached hydrogens (primary N) is 2. The Balaban J connectivity index is 2.60. The van der Waals surface area contributed by atoms with E-state index in [1.54, 1.807) is 6.07 Å². The lowest BCUT2D eigenvalue weighted by molar-refractivity contribution is -0.384. The highest BCUT2D eigenvalue weighted by Crippen LogP contribution is 2.29. The maximum Gasteiger partial charge on any atom is 0.270 e. The van der Waals surface area contributed by atoms with E-state index in [0.29, 0.717) is 5.69 Å². The van der Waals surface area contributed by atoms with Crippen molar-refractivity contribution >= 4 is 27.3 Å². The van der Waals surface area contributed by atoms with Gasteiger partial charge in [0.15, 0.2) is 0 Å². The van der Waals surface area contributed by atoms with Crippen LogP contribution in [0.1, 0.15) is 11.7 Å². The fourth-order valence-electron chi connectivity index (χ4n) is 1.44. The molecule has 1 heterocycles. The van der Waals surface area contributed by atoms with E-state index in [-0.39, 0.29) is 18.3 Å². The lowest BCUT2D eigenvalue weighted by atomic mass is 10.1. The Hall–Kier alpha value is -1.57. The molecule has 0 fully saturated rings. The zero-order valence-electron chi connectivity index (χ0n) is 8.29. The molecule has 1 atom stereocenters. The minimum absolute atomic E-state index is 0.0400. The summed E-state index contributed by atoms with van der Waals surface area (Å²) in [5.74, 6) is 0. The van der Waals surface area contributed by atoms with Crippen LogP contribution in [-0.2, 0) is 0 Å². The molecule has 0 spiro atoms. The topological polar surface area (TPSA) is 108 Å². The maximum atomic E-state index is 10.6. The fraction of sp³-hybridized carbons (Fsp3) is 0.222. The number of hydrogen-bond donors (Lipinski definition) is 2. The van der Waals surface area contributed by atoms with Crippen molar-refractivity contribution in [3.63, 3.8) is 0 Å². The highest BCUT2D eigenvalue weighted by molar-refractivity contribution is 7.13. The van der Waals surface area contributed by atoms with Crippen LogP contribution in [0.2, 0.25) is 0 Å². The summed E-state index contributed by atoms with van der Waals surface area (Å²) in [5.41, 5.74) is 11.9. The molecule has 0 aliphatic rings. The van der Waals surface area contributed by atoms with Gasteiger partial charge in [-0.2, -0.15) is 4.37 Å². The van der Waals surface area contributed by atoms with Gasteiger partial charge in [-0.3, -0.25) is 10.1 Å². The predicted octanol–water partition coefficient (Wildman–Crippen LogP) is 1.16. The number of rotatable bonds is 3. The number of fused-ring (bicyclic) bond motifs is 1. The standard InChI is InChI=1S/C9H10N4O2S/c10-4-7(11)9-6-3-5(13(14)15)1-2-8(6)16-12-9/h1-3,7H,4,10-11H2. The molecule has 84 valence electrons. The molecule has 1 aromatic carbocycles. The van der Waals surface area contributed by atoms with Crippen LogP contribution in [0.15, 0.2) is 18.2 Å². The lowest BCUT2D eigenvalue weighted by Crippen LogP contribution is -2.21. The van der Waals surface area contributed by atoms with Crippen LogP contribution < -0.4 is 11.5 Å². The van der Waals surface area contributed by atoms with E-state index in [4.69, 9.17) is 11.5 Å². The molecule has 1 unspecified atom stereocenters. The third-order valence-electron chi connectivity index (χ3n) is 2.30. The summed E-state index contributed by atoms with van der Waals surface area (Å²) in [7, 11) is 0. The monoisotopic (exact) mass is 238 g/mol. The summed E-state index contributed by atoms with van der Waals surface area (Å²) < 4.78 is 5.06. The van der Waals surface area contributed by atoms with Crippen molar-refractivity contribution in [1.29, 1.82) is 0 Å². The Kier molecular flexibility index (Phi) is 2.82. The van der Waals surface area contributed by atoms with Gasteiger partial charge in [0.1, 0.15) is 0 Å². The van der Waals surface area contributed by atoms with Gasteiger partial charge in [0.2, 0.25) is 0 Å². The van der Waals surface area contributed by atoms with Gasteiger partial charge in [0.05, 0.1) is 21.4 Å². The molecule has 6 nitrogen and oxygen atoms in total. The van der Waals surface area contributed by atoms with Crippen LogP contribution in [0.5, 0.6) is 0 Å². The first-order chi connectivity index (χ1) is 7.63. The average molecular weight is 238 g/mol. The van der Waals surface area contributed by atoms with Gasteiger partial charge < -0.3 is 11.5 Å². The van der Waals surface area contributed by atoms with Crippen LogP contribution >= 0.6 is 11.5 Å². The van der Waals surface area contributed by atoms with Gasteiger partial charge in [-0.25, -0.2) is 0 Å². The minimum Gasteiger partial charge on any atom is -0.329 e. The van der Waals surface area contributed by atoms with Gasteiger partial charge >= 0.3 is 0 Å². The Morgan fingerprint density at radius 2 is 2.31 bits per heavy atom. The Bertz CT molecular complexity index is 539. The van der Waals surface area contributed by atoms with Crippen LogP contribution in [-0.4, -0.2) is 15.8 Å². The Morgan fingerprint density at radius 1 is 1.56 bits per heavy atom. The molecular formula is C9H10N4O2S. The summed E-state index contributed by atoms with van der Waals surface area (Å²) >= 11 is 1.27. The van der Waals surface area contributed by atoms with E-state index in [0.717, 1.165) is 10.1 Å². The zero-order chi connectivity index (χ0) is 11.7. The largest absolute Gasteiger partial charge is 0.329 e. The molecule has 0 amide bonds. The lowest BCUT2D eigenvalue weighted by Gasteiger charge is -2.04. The predicted molar refractivity (Wildman–Crippen MR) is 62.3 cm³/mol. The van der Waals surface area contributed by atoms with Gasteiger partial charge in [-0.15, -0.1) is 0 Å². The van der Waals surface area contributed by atoms with Gasteiger partial charge in [-0.1, -0.05) is 0 Å². The molecule has 1 aromatic heterocycles. The first-order valence-electron chi connectivity index (χ1n) is 4.63. The van der Waals surface area contributed by atoms with Crippen molar-refractivity contribution < 1.29 is 4.92 Å². The summed E-state index contributed by atoms with van der Waals surface area (Å²) in [6.07, 6.45) is 0. The highest BCUT2D eigenvalue weighted by atomic mass is 32.1. The molecule has 4 N–H and O–H groups in total. The van der Waals surface area contributed by atoms with Crippen molar-refractivity contribution in [2.75, 3.05) is 6.54 Å². The molecule has 2 aromatic rings. The van der Waals surface area contributed by atoms with E-state index in [1.165, 1.54) is 23.7 Å². The fourth-order valence-corrected chi connectivity index (χ4v) is 2.26. The molecule has 0 saturated heterocycles. The van der Waals surface area contributed by atoms with E-state index in [9.17, 15) is 10.1 Å². The smallest absolute Gasteiger partial charge is 0.270 e. The number of aromatic nitrogens is 1. The molecule has 7 heteroatoms. The van der Waals surface area contributed by atoms with Crippen molar-refractivity contribution in [3.05, 3.63) is 34.0 Å². The Labute approximate surface area is 95.2 Å². The number of nitro benzene ring substituents is 1. The van der Waals surface area contributed by atoms with Crippen LogP contribution in [0, 0.1) is 10.1 Å². The first kappa shape index (κ1) is 10.9. The number of hydrogen-bond acceptors (Lipinski definition) is 6. The van der Waals surface area contributed by atoms with Crippen LogP contribution in [0.4, 0.5) is 5.69 Å². The van der Waals surface area contributed by atoms with E-state index in [1.807, 2.05) is 0 Å². The summed E-state index contributed by atoms with van der Waals surface area (Å²) in [6, 6.07) is 4.25. The molecule has 0 aliphatic heterocycles. The van der Waals surface area contributed by atoms with E-state index >= 15 is 0 Å². The quantitative estimate of drug-likeness (QED) is 0.616. The normalized spacial score (nSPS) is 12.9. The molecule has 0 saturated carbocycles. The van der Waals surface area contributed by atoms with Gasteiger partial charge in [-0.05, 0) is 17.6 Å². The number of nitrogens with zero attached hydrogens (tertiary/aromatic N) is 2. The summed E-state index contributed by atoms with van der Waals surface area (Å²) in [6.45, 7) is 0.265. The van der Waals surface area contributed by atoms with Gasteiger partial charge in [0, 0.05) is 24.1 Å². The third-order valence-corrected chi connectivity index (χ3v) is 3.14. The summed E-state index contributed by atoms with van der Waals surface area (Å²) in [4.78, 5) is 10.2. The second-order valence-corrected chi connectivity index (χ2v) is 4.15. The maximum absolute atomic E-state index is 10.6. The van der Waals surface area contributed by atoms with Crippen LogP contribution in [0.25, 0.3) is 10.1 Å².